The molecule has 3 aromatic rings. The highest BCUT2D eigenvalue weighted by atomic mass is 16.5. The van der Waals surface area contributed by atoms with Crippen LogP contribution in [0.2, 0.25) is 0 Å². The number of fused-ring (bicyclic) bond motifs is 1. The van der Waals surface area contributed by atoms with Gasteiger partial charge in [0.2, 0.25) is 0 Å². The van der Waals surface area contributed by atoms with E-state index in [9.17, 15) is 9.90 Å². The molecule has 0 saturated heterocycles. The number of hydrogen-bond acceptors (Lipinski definition) is 7. The lowest BCUT2D eigenvalue weighted by Gasteiger charge is -2.20. The number of ether oxygens (including phenoxy) is 1. The Balaban J connectivity index is 1.34. The van der Waals surface area contributed by atoms with Gasteiger partial charge in [0.25, 0.3) is 5.91 Å². The third-order valence-electron chi connectivity index (χ3n) is 5.27. The van der Waals surface area contributed by atoms with Gasteiger partial charge in [0.1, 0.15) is 11.6 Å². The number of aromatic nitrogens is 3. The molecule has 0 saturated carbocycles. The minimum absolute atomic E-state index is 0.191. The van der Waals surface area contributed by atoms with E-state index < -0.39 is 0 Å². The van der Waals surface area contributed by atoms with Gasteiger partial charge in [-0.25, -0.2) is 0 Å². The quantitative estimate of drug-likeness (QED) is 0.608. The van der Waals surface area contributed by atoms with Gasteiger partial charge in [0.15, 0.2) is 17.3 Å². The highest BCUT2D eigenvalue weighted by molar-refractivity contribution is 5.91. The lowest BCUT2D eigenvalue weighted by atomic mass is 10.1. The van der Waals surface area contributed by atoms with Crippen LogP contribution < -0.4 is 10.1 Å². The minimum atomic E-state index is -0.236. The number of nitrogens with zero attached hydrogens (tertiary/aromatic N) is 4. The number of carbonyl (C=O) groups excluding carboxylic acids is 1. The fraction of sp³-hybridized carbons (Fsp3) is 0.381. The number of phenols is 1. The van der Waals surface area contributed by atoms with Crippen LogP contribution in [0, 0.1) is 0 Å². The Labute approximate surface area is 174 Å². The van der Waals surface area contributed by atoms with E-state index in [-0.39, 0.29) is 11.7 Å². The number of benzene rings is 1. The van der Waals surface area contributed by atoms with Crippen LogP contribution >= 0.6 is 0 Å². The molecule has 0 unspecified atom stereocenters. The van der Waals surface area contributed by atoms with E-state index in [0.29, 0.717) is 31.0 Å². The molecule has 1 aliphatic heterocycles. The Kier molecular flexibility index (Phi) is 5.99. The molecule has 158 valence electrons. The number of rotatable bonds is 7. The average molecular weight is 411 g/mol. The van der Waals surface area contributed by atoms with Gasteiger partial charge in [-0.3, -0.25) is 9.69 Å². The molecule has 9 nitrogen and oxygen atoms in total. The molecular weight excluding hydrogens is 386 g/mol. The highest BCUT2D eigenvalue weighted by Crippen LogP contribution is 2.30. The number of amides is 1. The summed E-state index contributed by atoms with van der Waals surface area (Å²) < 4.78 is 12.4. The number of furan rings is 1. The largest absolute Gasteiger partial charge is 0.504 e. The second kappa shape index (κ2) is 9.00. The summed E-state index contributed by atoms with van der Waals surface area (Å²) in [7, 11) is 1.55. The molecule has 0 atom stereocenters. The van der Waals surface area contributed by atoms with Gasteiger partial charge in [-0.2, -0.15) is 0 Å². The van der Waals surface area contributed by atoms with Crippen molar-refractivity contribution in [1.82, 2.24) is 25.0 Å². The number of nitrogens with one attached hydrogen (secondary N) is 1. The van der Waals surface area contributed by atoms with Crippen molar-refractivity contribution in [3.05, 3.63) is 59.6 Å². The standard InChI is InChI=1S/C21H25N5O4/c1-29-16-5-2-4-15(20(16)27)14-25-10-8-19-24-23-18(26(19)12-11-25)7-9-22-21(28)17-6-3-13-30-17/h2-6,13,27H,7-12,14H2,1H3,(H,22,28). The molecule has 30 heavy (non-hydrogen) atoms. The molecule has 0 radical (unpaired) electrons. The summed E-state index contributed by atoms with van der Waals surface area (Å²) in [5, 5.41) is 21.8. The monoisotopic (exact) mass is 411 g/mol. The van der Waals surface area contributed by atoms with E-state index in [1.807, 2.05) is 12.1 Å². The summed E-state index contributed by atoms with van der Waals surface area (Å²) in [4.78, 5) is 14.3. The van der Waals surface area contributed by atoms with E-state index >= 15 is 0 Å². The fourth-order valence-corrected chi connectivity index (χ4v) is 3.65. The molecule has 0 fully saturated rings. The van der Waals surface area contributed by atoms with Crippen LogP contribution in [-0.2, 0) is 25.9 Å². The fourth-order valence-electron chi connectivity index (χ4n) is 3.65. The van der Waals surface area contributed by atoms with Crippen LogP contribution in [0.1, 0.15) is 27.8 Å². The normalized spacial score (nSPS) is 14.2. The van der Waals surface area contributed by atoms with Crippen molar-refractivity contribution in [2.24, 2.45) is 0 Å². The number of para-hydroxylation sites is 1. The Morgan fingerprint density at radius 3 is 2.93 bits per heavy atom. The predicted molar refractivity (Wildman–Crippen MR) is 108 cm³/mol. The number of aromatic hydroxyl groups is 1. The van der Waals surface area contributed by atoms with Crippen LogP contribution in [0.3, 0.4) is 0 Å². The smallest absolute Gasteiger partial charge is 0.286 e. The van der Waals surface area contributed by atoms with Crippen LogP contribution in [0.25, 0.3) is 0 Å². The molecule has 2 N–H and O–H groups in total. The van der Waals surface area contributed by atoms with Gasteiger partial charge in [-0.15, -0.1) is 10.2 Å². The van der Waals surface area contributed by atoms with Gasteiger partial charge in [-0.1, -0.05) is 12.1 Å². The zero-order valence-corrected chi connectivity index (χ0v) is 16.9. The lowest BCUT2D eigenvalue weighted by Crippen LogP contribution is -2.28. The molecule has 1 amide bonds. The van der Waals surface area contributed by atoms with Crippen molar-refractivity contribution in [2.45, 2.75) is 25.9 Å². The van der Waals surface area contributed by atoms with Crippen LogP contribution in [0.5, 0.6) is 11.5 Å². The van der Waals surface area contributed by atoms with Crippen LogP contribution in [-0.4, -0.2) is 57.4 Å². The zero-order valence-electron chi connectivity index (χ0n) is 16.9. The summed E-state index contributed by atoms with van der Waals surface area (Å²) in [6.07, 6.45) is 2.84. The van der Waals surface area contributed by atoms with Gasteiger partial charge in [0, 0.05) is 51.1 Å². The maximum atomic E-state index is 12.0. The van der Waals surface area contributed by atoms with Crippen molar-refractivity contribution >= 4 is 5.91 Å². The first-order valence-corrected chi connectivity index (χ1v) is 9.95. The van der Waals surface area contributed by atoms with E-state index in [2.05, 4.69) is 25.0 Å². The number of methoxy groups -OCH3 is 1. The minimum Gasteiger partial charge on any atom is -0.504 e. The molecule has 0 spiro atoms. The van der Waals surface area contributed by atoms with Crippen molar-refractivity contribution in [2.75, 3.05) is 26.7 Å². The number of phenolic OH excluding ortho intramolecular Hbond substituents is 1. The molecule has 3 heterocycles. The van der Waals surface area contributed by atoms with Crippen LogP contribution in [0.4, 0.5) is 0 Å². The van der Waals surface area contributed by atoms with Gasteiger partial charge in [0.05, 0.1) is 13.4 Å². The first-order chi connectivity index (χ1) is 14.7. The van der Waals surface area contributed by atoms with E-state index in [1.165, 1.54) is 6.26 Å². The maximum Gasteiger partial charge on any atom is 0.286 e. The van der Waals surface area contributed by atoms with E-state index in [4.69, 9.17) is 9.15 Å². The second-order valence-electron chi connectivity index (χ2n) is 7.16. The van der Waals surface area contributed by atoms with E-state index in [1.54, 1.807) is 25.3 Å². The molecule has 9 heteroatoms. The average Bonchev–Trinajstić information content (AvgIpc) is 3.38. The van der Waals surface area contributed by atoms with Crippen LogP contribution in [0.15, 0.2) is 41.0 Å². The first kappa shape index (κ1) is 20.0. The Morgan fingerprint density at radius 1 is 1.23 bits per heavy atom. The summed E-state index contributed by atoms with van der Waals surface area (Å²) in [6.45, 7) is 3.49. The maximum absolute atomic E-state index is 12.0. The predicted octanol–water partition coefficient (Wildman–Crippen LogP) is 1.62. The van der Waals surface area contributed by atoms with Crippen molar-refractivity contribution in [3.8, 4) is 11.5 Å². The number of carbonyl (C=O) groups is 1. The van der Waals surface area contributed by atoms with Gasteiger partial charge in [-0.05, 0) is 18.2 Å². The van der Waals surface area contributed by atoms with Crippen molar-refractivity contribution in [3.63, 3.8) is 0 Å². The molecule has 0 aliphatic carbocycles. The summed E-state index contributed by atoms with van der Waals surface area (Å²) >= 11 is 0. The topological polar surface area (TPSA) is 106 Å². The molecular formula is C21H25N5O4. The van der Waals surface area contributed by atoms with Crippen molar-refractivity contribution < 1.29 is 19.1 Å². The molecule has 0 bridgehead atoms. The Hall–Kier alpha value is -3.33. The highest BCUT2D eigenvalue weighted by Gasteiger charge is 2.20. The Morgan fingerprint density at radius 2 is 2.13 bits per heavy atom. The molecule has 1 aliphatic rings. The summed E-state index contributed by atoms with van der Waals surface area (Å²) in [5.74, 6) is 2.54. The first-order valence-electron chi connectivity index (χ1n) is 9.95. The van der Waals surface area contributed by atoms with Gasteiger partial charge < -0.3 is 24.1 Å². The van der Waals surface area contributed by atoms with E-state index in [0.717, 1.165) is 43.3 Å². The zero-order chi connectivity index (χ0) is 20.9. The summed E-state index contributed by atoms with van der Waals surface area (Å²) in [5.41, 5.74) is 0.841. The Bertz CT molecular complexity index is 999. The molecule has 4 rings (SSSR count). The SMILES string of the molecule is COc1cccc(CN2CCc3nnc(CCNC(=O)c4ccco4)n3CC2)c1O. The third kappa shape index (κ3) is 4.30. The second-order valence-corrected chi connectivity index (χ2v) is 7.16. The van der Waals surface area contributed by atoms with Crippen molar-refractivity contribution in [1.29, 1.82) is 0 Å². The lowest BCUT2D eigenvalue weighted by molar-refractivity contribution is 0.0926. The molecule has 1 aromatic carbocycles. The summed E-state index contributed by atoms with van der Waals surface area (Å²) in [6, 6.07) is 8.86. The molecule has 2 aromatic heterocycles. The third-order valence-corrected chi connectivity index (χ3v) is 5.27. The van der Waals surface area contributed by atoms with Gasteiger partial charge >= 0.3 is 0 Å². The number of hydrogen-bond donors (Lipinski definition) is 2.